The van der Waals surface area contributed by atoms with E-state index in [-0.39, 0.29) is 34.2 Å². The summed E-state index contributed by atoms with van der Waals surface area (Å²) in [4.78, 5) is 13.3. The van der Waals surface area contributed by atoms with Crippen LogP contribution in [0, 0.1) is 23.7 Å². The third-order valence-electron chi connectivity index (χ3n) is 7.74. The van der Waals surface area contributed by atoms with Crippen LogP contribution in [0.3, 0.4) is 0 Å². The Labute approximate surface area is 173 Å². The SMILES string of the molecule is Cc1ccc(C(=O)NC2C(C)(C)[C@H]3CC[C@@]2(C)C3)cc1S(=O)(=O)N1CC[C@H](O)C1. The highest BCUT2D eigenvalue weighted by Gasteiger charge is 2.59. The average molecular weight is 421 g/mol. The fourth-order valence-electron chi connectivity index (χ4n) is 5.96. The van der Waals surface area contributed by atoms with Crippen LogP contribution in [0.5, 0.6) is 0 Å². The van der Waals surface area contributed by atoms with Gasteiger partial charge < -0.3 is 10.4 Å². The van der Waals surface area contributed by atoms with Crippen molar-refractivity contribution in [3.05, 3.63) is 29.3 Å². The van der Waals surface area contributed by atoms with Crippen LogP contribution in [0.1, 0.15) is 62.4 Å². The summed E-state index contributed by atoms with van der Waals surface area (Å²) in [6.45, 7) is 8.87. The van der Waals surface area contributed by atoms with Gasteiger partial charge in [-0.3, -0.25) is 4.79 Å². The number of rotatable bonds is 4. The van der Waals surface area contributed by atoms with Crippen molar-refractivity contribution in [1.29, 1.82) is 0 Å². The van der Waals surface area contributed by atoms with Crippen molar-refractivity contribution in [3.8, 4) is 0 Å². The Hall–Kier alpha value is -1.44. The normalized spacial score (nSPS) is 33.9. The Bertz CT molecular complexity index is 937. The van der Waals surface area contributed by atoms with Gasteiger partial charge in [0, 0.05) is 24.7 Å². The van der Waals surface area contributed by atoms with Gasteiger partial charge in [-0.2, -0.15) is 4.31 Å². The molecule has 0 spiro atoms. The summed E-state index contributed by atoms with van der Waals surface area (Å²) >= 11 is 0. The van der Waals surface area contributed by atoms with Crippen LogP contribution in [-0.2, 0) is 10.0 Å². The van der Waals surface area contributed by atoms with E-state index >= 15 is 0 Å². The van der Waals surface area contributed by atoms with Gasteiger partial charge in [0.1, 0.15) is 0 Å². The van der Waals surface area contributed by atoms with E-state index < -0.39 is 16.1 Å². The van der Waals surface area contributed by atoms with Crippen LogP contribution in [-0.4, -0.2) is 49.0 Å². The molecular weight excluding hydrogens is 388 g/mol. The molecule has 1 saturated heterocycles. The zero-order valence-corrected chi connectivity index (χ0v) is 18.6. The number of fused-ring (bicyclic) bond motifs is 2. The van der Waals surface area contributed by atoms with Gasteiger partial charge in [-0.25, -0.2) is 8.42 Å². The zero-order valence-electron chi connectivity index (χ0n) is 17.7. The van der Waals surface area contributed by atoms with Crippen molar-refractivity contribution in [2.24, 2.45) is 16.7 Å². The number of benzene rings is 1. The van der Waals surface area contributed by atoms with Crippen LogP contribution < -0.4 is 5.32 Å². The van der Waals surface area contributed by atoms with Gasteiger partial charge in [0.15, 0.2) is 0 Å². The molecule has 4 atom stereocenters. The van der Waals surface area contributed by atoms with Crippen molar-refractivity contribution < 1.29 is 18.3 Å². The molecule has 1 aromatic carbocycles. The number of sulfonamides is 1. The van der Waals surface area contributed by atoms with Crippen molar-refractivity contribution in [3.63, 3.8) is 0 Å². The van der Waals surface area contributed by atoms with E-state index in [9.17, 15) is 18.3 Å². The first-order chi connectivity index (χ1) is 13.4. The number of aliphatic hydroxyl groups is 1. The molecule has 1 aromatic rings. The van der Waals surface area contributed by atoms with Gasteiger partial charge in [-0.05, 0) is 67.1 Å². The summed E-state index contributed by atoms with van der Waals surface area (Å²) in [7, 11) is -3.74. The Morgan fingerprint density at radius 3 is 2.55 bits per heavy atom. The molecular formula is C22H32N2O4S. The number of aliphatic hydroxyl groups excluding tert-OH is 1. The summed E-state index contributed by atoms with van der Waals surface area (Å²) < 4.78 is 27.4. The minimum Gasteiger partial charge on any atom is -0.392 e. The Kier molecular flexibility index (Phi) is 4.87. The minimum absolute atomic E-state index is 0.0357. The lowest BCUT2D eigenvalue weighted by molar-refractivity contribution is 0.0737. The molecule has 1 unspecified atom stereocenters. The number of hydrogen-bond acceptors (Lipinski definition) is 4. The van der Waals surface area contributed by atoms with E-state index in [1.807, 2.05) is 0 Å². The number of aryl methyl sites for hydroxylation is 1. The third kappa shape index (κ3) is 3.31. The maximum absolute atomic E-state index is 13.1. The second-order valence-electron chi connectivity index (χ2n) is 10.1. The summed E-state index contributed by atoms with van der Waals surface area (Å²) in [5, 5.41) is 13.0. The smallest absolute Gasteiger partial charge is 0.251 e. The molecule has 2 N–H and O–H groups in total. The lowest BCUT2D eigenvalue weighted by Gasteiger charge is -2.43. The zero-order chi connectivity index (χ0) is 21.2. The van der Waals surface area contributed by atoms with Gasteiger partial charge in [0.05, 0.1) is 11.0 Å². The lowest BCUT2D eigenvalue weighted by atomic mass is 9.68. The maximum atomic E-state index is 13.1. The predicted molar refractivity (Wildman–Crippen MR) is 111 cm³/mol. The van der Waals surface area contributed by atoms with Gasteiger partial charge in [0.2, 0.25) is 10.0 Å². The maximum Gasteiger partial charge on any atom is 0.251 e. The number of hydrogen-bond donors (Lipinski definition) is 2. The molecule has 4 rings (SSSR count). The lowest BCUT2D eigenvalue weighted by Crippen LogP contribution is -2.52. The predicted octanol–water partition coefficient (Wildman–Crippen LogP) is 2.69. The van der Waals surface area contributed by atoms with Crippen LogP contribution >= 0.6 is 0 Å². The van der Waals surface area contributed by atoms with Crippen LogP contribution in [0.25, 0.3) is 0 Å². The molecule has 0 radical (unpaired) electrons. The number of nitrogens with one attached hydrogen (secondary N) is 1. The standard InChI is InChI=1S/C22H32N2O4S/c1-14-5-6-15(11-18(14)29(27,28)24-10-8-17(25)13-24)19(26)23-20-21(2,3)16-7-9-22(20,4)12-16/h5-6,11,16-17,20,25H,7-10,12-13H2,1-4H3,(H,23,26)/t16-,17-,20?,22-/m0/s1. The molecule has 3 fully saturated rings. The Morgan fingerprint density at radius 2 is 1.97 bits per heavy atom. The van der Waals surface area contributed by atoms with Crippen LogP contribution in [0.2, 0.25) is 0 Å². The van der Waals surface area contributed by atoms with Crippen molar-refractivity contribution in [2.45, 2.75) is 70.4 Å². The van der Waals surface area contributed by atoms with Gasteiger partial charge in [0.25, 0.3) is 5.91 Å². The molecule has 29 heavy (non-hydrogen) atoms. The molecule has 3 aliphatic rings. The van der Waals surface area contributed by atoms with Crippen LogP contribution in [0.15, 0.2) is 23.1 Å². The summed E-state index contributed by atoms with van der Waals surface area (Å²) in [6.07, 6.45) is 3.28. The average Bonchev–Trinajstić information content (AvgIpc) is 3.30. The summed E-state index contributed by atoms with van der Waals surface area (Å²) in [6, 6.07) is 4.97. The second kappa shape index (κ2) is 6.79. The topological polar surface area (TPSA) is 86.7 Å². The first-order valence-electron chi connectivity index (χ1n) is 10.5. The van der Waals surface area contributed by atoms with Crippen molar-refractivity contribution in [1.82, 2.24) is 9.62 Å². The van der Waals surface area contributed by atoms with E-state index in [4.69, 9.17) is 0 Å². The molecule has 7 heteroatoms. The van der Waals surface area contributed by atoms with Crippen molar-refractivity contribution >= 4 is 15.9 Å². The number of β-amino-alcohol motifs (C(OH)–C–C–N with tert-alkyl or cyclic N) is 1. The van der Waals surface area contributed by atoms with E-state index in [1.54, 1.807) is 19.1 Å². The highest BCUT2D eigenvalue weighted by Crippen LogP contribution is 2.62. The number of nitrogens with zero attached hydrogens (tertiary/aromatic N) is 1. The molecule has 1 heterocycles. The van der Waals surface area contributed by atoms with Gasteiger partial charge >= 0.3 is 0 Å². The Morgan fingerprint density at radius 1 is 1.24 bits per heavy atom. The van der Waals surface area contributed by atoms with E-state index in [1.165, 1.54) is 16.8 Å². The van der Waals surface area contributed by atoms with E-state index in [0.29, 0.717) is 30.0 Å². The summed E-state index contributed by atoms with van der Waals surface area (Å²) in [5.74, 6) is 0.406. The summed E-state index contributed by atoms with van der Waals surface area (Å²) in [5.41, 5.74) is 1.12. The first kappa shape index (κ1) is 20.8. The number of carbonyl (C=O) groups excluding carboxylic acids is 1. The third-order valence-corrected chi connectivity index (χ3v) is 9.75. The largest absolute Gasteiger partial charge is 0.392 e. The first-order valence-corrected chi connectivity index (χ1v) is 12.0. The van der Waals surface area contributed by atoms with Gasteiger partial charge in [-0.1, -0.05) is 26.8 Å². The molecule has 2 aliphatic carbocycles. The van der Waals surface area contributed by atoms with Crippen LogP contribution in [0.4, 0.5) is 0 Å². The molecule has 2 bridgehead atoms. The number of amides is 1. The molecule has 6 nitrogen and oxygen atoms in total. The molecule has 160 valence electrons. The highest BCUT2D eigenvalue weighted by molar-refractivity contribution is 7.89. The minimum atomic E-state index is -3.74. The molecule has 1 amide bonds. The molecule has 0 aromatic heterocycles. The highest BCUT2D eigenvalue weighted by atomic mass is 32.2. The molecule has 1 aliphatic heterocycles. The Balaban J connectivity index is 1.60. The second-order valence-corrected chi connectivity index (χ2v) is 12.0. The van der Waals surface area contributed by atoms with E-state index in [2.05, 4.69) is 26.1 Å². The quantitative estimate of drug-likeness (QED) is 0.784. The van der Waals surface area contributed by atoms with Crippen molar-refractivity contribution in [2.75, 3.05) is 13.1 Å². The fourth-order valence-corrected chi connectivity index (χ4v) is 7.71. The fraction of sp³-hybridized carbons (Fsp3) is 0.682. The molecule has 2 saturated carbocycles. The number of carbonyl (C=O) groups is 1. The van der Waals surface area contributed by atoms with E-state index in [0.717, 1.165) is 12.8 Å². The van der Waals surface area contributed by atoms with Gasteiger partial charge in [-0.15, -0.1) is 0 Å². The monoisotopic (exact) mass is 420 g/mol.